The van der Waals surface area contributed by atoms with Crippen molar-refractivity contribution in [3.05, 3.63) is 59.3 Å². The van der Waals surface area contributed by atoms with E-state index in [0.717, 1.165) is 31.5 Å². The number of aromatic nitrogens is 1. The second-order valence-electron chi connectivity index (χ2n) is 7.14. The minimum atomic E-state index is -0.1000. The first-order valence-electron chi connectivity index (χ1n) is 9.72. The molecule has 1 aromatic carbocycles. The zero-order valence-corrected chi connectivity index (χ0v) is 17.5. The van der Waals surface area contributed by atoms with Gasteiger partial charge in [0.1, 0.15) is 0 Å². The van der Waals surface area contributed by atoms with E-state index in [9.17, 15) is 14.4 Å². The summed E-state index contributed by atoms with van der Waals surface area (Å²) >= 11 is 1.35. The third-order valence-electron chi connectivity index (χ3n) is 4.88. The highest BCUT2D eigenvalue weighted by atomic mass is 32.2. The van der Waals surface area contributed by atoms with E-state index >= 15 is 0 Å². The molecule has 7 heteroatoms. The van der Waals surface area contributed by atoms with E-state index in [1.165, 1.54) is 18.7 Å². The average molecular weight is 412 g/mol. The Morgan fingerprint density at radius 1 is 1.07 bits per heavy atom. The summed E-state index contributed by atoms with van der Waals surface area (Å²) in [6.07, 6.45) is 3.70. The van der Waals surface area contributed by atoms with E-state index in [1.54, 1.807) is 30.5 Å². The van der Waals surface area contributed by atoms with Crippen molar-refractivity contribution in [2.45, 2.75) is 37.8 Å². The zero-order chi connectivity index (χ0) is 20.8. The lowest BCUT2D eigenvalue weighted by atomic mass is 10.0. The monoisotopic (exact) mass is 411 g/mol. The first kappa shape index (κ1) is 21.0. The fourth-order valence-corrected chi connectivity index (χ4v) is 4.00. The Hall–Kier alpha value is -2.67. The van der Waals surface area contributed by atoms with Crippen LogP contribution < -0.4 is 5.32 Å². The Bertz CT molecular complexity index is 875. The quantitative estimate of drug-likeness (QED) is 0.557. The second kappa shape index (κ2) is 9.69. The maximum atomic E-state index is 12.4. The maximum absolute atomic E-state index is 12.4. The van der Waals surface area contributed by atoms with Crippen molar-refractivity contribution in [2.75, 3.05) is 18.8 Å². The molecule has 0 radical (unpaired) electrons. The van der Waals surface area contributed by atoms with Gasteiger partial charge in [0, 0.05) is 31.8 Å². The van der Waals surface area contributed by atoms with Gasteiger partial charge in [-0.25, -0.2) is 4.98 Å². The molecular formula is C22H25N3O3S. The van der Waals surface area contributed by atoms with E-state index in [1.807, 2.05) is 24.0 Å². The molecule has 0 spiro atoms. The second-order valence-corrected chi connectivity index (χ2v) is 8.14. The standard InChI is InChI=1S/C22H25N3O3S/c1-15(24-16(2)26)17-5-7-18(8-6-17)20(27)14-29-21-10-9-19(13-23-21)22(28)25-11-3-4-12-25/h5-10,13,15H,3-4,11-12,14H2,1-2H3,(H,24,26). The molecule has 2 amide bonds. The molecule has 6 nitrogen and oxygen atoms in total. The molecule has 1 aromatic heterocycles. The number of rotatable bonds is 7. The number of nitrogens with zero attached hydrogens (tertiary/aromatic N) is 2. The number of amides is 2. The molecule has 3 rings (SSSR count). The van der Waals surface area contributed by atoms with E-state index in [0.29, 0.717) is 16.2 Å². The molecule has 0 saturated carbocycles. The lowest BCUT2D eigenvalue weighted by Gasteiger charge is -2.14. The Balaban J connectivity index is 1.53. The molecule has 2 heterocycles. The van der Waals surface area contributed by atoms with Crippen molar-refractivity contribution in [3.63, 3.8) is 0 Å². The smallest absolute Gasteiger partial charge is 0.255 e. The summed E-state index contributed by atoms with van der Waals surface area (Å²) in [5.41, 5.74) is 2.16. The van der Waals surface area contributed by atoms with Gasteiger partial charge in [-0.1, -0.05) is 36.0 Å². The summed E-state index contributed by atoms with van der Waals surface area (Å²) in [7, 11) is 0. The Morgan fingerprint density at radius 2 is 1.72 bits per heavy atom. The molecule has 0 bridgehead atoms. The molecule has 0 aliphatic carbocycles. The van der Waals surface area contributed by atoms with E-state index in [4.69, 9.17) is 0 Å². The molecule has 152 valence electrons. The predicted molar refractivity (Wildman–Crippen MR) is 113 cm³/mol. The van der Waals surface area contributed by atoms with Crippen LogP contribution in [0, 0.1) is 0 Å². The van der Waals surface area contributed by atoms with Gasteiger partial charge >= 0.3 is 0 Å². The van der Waals surface area contributed by atoms with Crippen LogP contribution >= 0.6 is 11.8 Å². The van der Waals surface area contributed by atoms with E-state index in [-0.39, 0.29) is 29.4 Å². The normalized spacial score (nSPS) is 14.5. The Kier molecular flexibility index (Phi) is 7.04. The predicted octanol–water partition coefficient (Wildman–Crippen LogP) is 3.49. The van der Waals surface area contributed by atoms with E-state index < -0.39 is 0 Å². The minimum Gasteiger partial charge on any atom is -0.350 e. The number of hydrogen-bond donors (Lipinski definition) is 1. The molecule has 1 aliphatic heterocycles. The largest absolute Gasteiger partial charge is 0.350 e. The number of carbonyl (C=O) groups excluding carboxylic acids is 3. The van der Waals surface area contributed by atoms with Gasteiger partial charge in [-0.3, -0.25) is 14.4 Å². The van der Waals surface area contributed by atoms with Gasteiger partial charge in [0.15, 0.2) is 5.78 Å². The van der Waals surface area contributed by atoms with Crippen molar-refractivity contribution in [1.82, 2.24) is 15.2 Å². The van der Waals surface area contributed by atoms with Gasteiger partial charge in [0.05, 0.1) is 22.4 Å². The van der Waals surface area contributed by atoms with Crippen LogP contribution in [-0.4, -0.2) is 46.3 Å². The highest BCUT2D eigenvalue weighted by molar-refractivity contribution is 7.99. The van der Waals surface area contributed by atoms with Crippen LogP contribution in [0.25, 0.3) is 0 Å². The minimum absolute atomic E-state index is 0.00718. The number of likely N-dealkylation sites (tertiary alicyclic amines) is 1. The van der Waals surface area contributed by atoms with Crippen LogP contribution in [0.5, 0.6) is 0 Å². The molecule has 2 aromatic rings. The third-order valence-corrected chi connectivity index (χ3v) is 5.82. The summed E-state index contributed by atoms with van der Waals surface area (Å²) in [5.74, 6) is 0.214. The Labute approximate surface area is 175 Å². The van der Waals surface area contributed by atoms with Crippen LogP contribution in [0.15, 0.2) is 47.6 Å². The van der Waals surface area contributed by atoms with Crippen LogP contribution in [0.3, 0.4) is 0 Å². The molecule has 1 atom stereocenters. The fraction of sp³-hybridized carbons (Fsp3) is 0.364. The molecule has 1 fully saturated rings. The first-order valence-corrected chi connectivity index (χ1v) is 10.7. The third kappa shape index (κ3) is 5.67. The molecule has 1 N–H and O–H groups in total. The van der Waals surface area contributed by atoms with Gasteiger partial charge in [-0.2, -0.15) is 0 Å². The van der Waals surface area contributed by atoms with Crippen LogP contribution in [0.1, 0.15) is 59.0 Å². The molecular weight excluding hydrogens is 386 g/mol. The van der Waals surface area contributed by atoms with Crippen LogP contribution in [0.2, 0.25) is 0 Å². The lowest BCUT2D eigenvalue weighted by Crippen LogP contribution is -2.27. The molecule has 1 aliphatic rings. The summed E-state index contributed by atoms with van der Waals surface area (Å²) in [6, 6.07) is 10.7. The first-order chi connectivity index (χ1) is 13.9. The highest BCUT2D eigenvalue weighted by Gasteiger charge is 2.19. The Morgan fingerprint density at radius 3 is 2.31 bits per heavy atom. The number of carbonyl (C=O) groups is 3. The summed E-state index contributed by atoms with van der Waals surface area (Å²) in [6.45, 7) is 5.00. The topological polar surface area (TPSA) is 79.4 Å². The summed E-state index contributed by atoms with van der Waals surface area (Å²) in [4.78, 5) is 42.1. The maximum Gasteiger partial charge on any atom is 0.255 e. The summed E-state index contributed by atoms with van der Waals surface area (Å²) < 4.78 is 0. The molecule has 1 unspecified atom stereocenters. The fourth-order valence-electron chi connectivity index (χ4n) is 3.26. The van der Waals surface area contributed by atoms with E-state index in [2.05, 4.69) is 10.3 Å². The number of pyridine rings is 1. The van der Waals surface area contributed by atoms with Crippen LogP contribution in [-0.2, 0) is 4.79 Å². The summed E-state index contributed by atoms with van der Waals surface area (Å²) in [5, 5.41) is 3.54. The van der Waals surface area contributed by atoms with Crippen molar-refractivity contribution < 1.29 is 14.4 Å². The SMILES string of the molecule is CC(=O)NC(C)c1ccc(C(=O)CSc2ccc(C(=O)N3CCCC3)cn2)cc1. The molecule has 29 heavy (non-hydrogen) atoms. The molecule has 1 saturated heterocycles. The van der Waals surface area contributed by atoms with Crippen molar-refractivity contribution in [1.29, 1.82) is 0 Å². The van der Waals surface area contributed by atoms with Gasteiger partial charge in [0.2, 0.25) is 5.91 Å². The number of benzene rings is 1. The van der Waals surface area contributed by atoms with Crippen molar-refractivity contribution in [3.8, 4) is 0 Å². The highest BCUT2D eigenvalue weighted by Crippen LogP contribution is 2.20. The van der Waals surface area contributed by atoms with Crippen LogP contribution in [0.4, 0.5) is 0 Å². The number of Topliss-reactive ketones (excluding diaryl/α,β-unsaturated/α-hetero) is 1. The zero-order valence-electron chi connectivity index (χ0n) is 16.7. The van der Waals surface area contributed by atoms with Crippen molar-refractivity contribution >= 4 is 29.4 Å². The number of thioether (sulfide) groups is 1. The van der Waals surface area contributed by atoms with Gasteiger partial charge in [-0.05, 0) is 37.5 Å². The number of hydrogen-bond acceptors (Lipinski definition) is 5. The number of nitrogens with one attached hydrogen (secondary N) is 1. The average Bonchev–Trinajstić information content (AvgIpc) is 3.26. The lowest BCUT2D eigenvalue weighted by molar-refractivity contribution is -0.119. The van der Waals surface area contributed by atoms with Gasteiger partial charge < -0.3 is 10.2 Å². The number of ketones is 1. The van der Waals surface area contributed by atoms with Gasteiger partial charge in [0.25, 0.3) is 5.91 Å². The van der Waals surface area contributed by atoms with Gasteiger partial charge in [-0.15, -0.1) is 0 Å². The van der Waals surface area contributed by atoms with Crippen molar-refractivity contribution in [2.24, 2.45) is 0 Å².